The predicted octanol–water partition coefficient (Wildman–Crippen LogP) is -2.96. The van der Waals surface area contributed by atoms with Gasteiger partial charge in [-0.05, 0) is 0 Å². The van der Waals surface area contributed by atoms with Gasteiger partial charge in [0.1, 0.15) is 51.9 Å². The Labute approximate surface area is 267 Å². The van der Waals surface area contributed by atoms with Crippen LogP contribution in [-0.2, 0) is 38.1 Å². The number of nitrogens with one attached hydrogen (secondary N) is 1. The van der Waals surface area contributed by atoms with Crippen molar-refractivity contribution in [3.8, 4) is 0 Å². The second-order valence-electron chi connectivity index (χ2n) is 11.4. The van der Waals surface area contributed by atoms with Crippen LogP contribution in [0.25, 0.3) is 0 Å². The highest BCUT2D eigenvalue weighted by Gasteiger charge is 2.51. The van der Waals surface area contributed by atoms with E-state index in [0.29, 0.717) is 0 Å². The van der Waals surface area contributed by atoms with Gasteiger partial charge in [-0.25, -0.2) is 19.6 Å². The zero-order valence-corrected chi connectivity index (χ0v) is 27.4. The van der Waals surface area contributed by atoms with E-state index in [0.717, 1.165) is 15.5 Å². The third-order valence-corrected chi connectivity index (χ3v) is 7.34. The first-order chi connectivity index (χ1) is 21.9. The van der Waals surface area contributed by atoms with E-state index in [1.807, 2.05) is 19.6 Å². The number of carbonyl (C=O) groups excluding carboxylic acids is 3. The van der Waals surface area contributed by atoms with Crippen LogP contribution in [0.4, 0.5) is 11.9 Å². The number of esters is 3. The van der Waals surface area contributed by atoms with Gasteiger partial charge in [0, 0.05) is 20.8 Å². The summed E-state index contributed by atoms with van der Waals surface area (Å²) in [6.07, 6.45) is -6.91. The molecule has 2 aliphatic rings. The first kappa shape index (κ1) is 37.1. The molecule has 2 unspecified atom stereocenters. The lowest BCUT2D eigenvalue weighted by atomic mass is 10.1. The van der Waals surface area contributed by atoms with E-state index in [4.69, 9.17) is 34.5 Å². The van der Waals surface area contributed by atoms with E-state index >= 15 is 0 Å². The van der Waals surface area contributed by atoms with Crippen molar-refractivity contribution in [2.24, 2.45) is 0 Å². The molecule has 47 heavy (non-hydrogen) atoms. The number of aliphatic hydroxyl groups excluding tert-OH is 3. The van der Waals surface area contributed by atoms with Crippen LogP contribution < -0.4 is 22.1 Å². The molecule has 22 heteroatoms. The number of hydrogen-bond donors (Lipinski definition) is 5. The molecule has 0 saturated carbocycles. The molecule has 0 bridgehead atoms. The Balaban J connectivity index is 0.000000297. The van der Waals surface area contributed by atoms with E-state index in [1.165, 1.54) is 27.1 Å². The smallest absolute Gasteiger partial charge is 0.354 e. The minimum Gasteiger partial charge on any atom is -0.463 e. The van der Waals surface area contributed by atoms with Crippen LogP contribution in [0.1, 0.15) is 33.2 Å². The van der Waals surface area contributed by atoms with Crippen molar-refractivity contribution in [3.05, 3.63) is 33.6 Å². The lowest BCUT2D eigenvalue weighted by Gasteiger charge is -2.24. The van der Waals surface area contributed by atoms with Gasteiger partial charge in [-0.1, -0.05) is 19.6 Å². The number of nitrogens with two attached hydrogens (primary N) is 1. The van der Waals surface area contributed by atoms with Crippen LogP contribution >= 0.6 is 0 Å². The monoisotopic (exact) mass is 686 g/mol. The van der Waals surface area contributed by atoms with E-state index in [1.54, 1.807) is 0 Å². The highest BCUT2D eigenvalue weighted by atomic mass is 28.3. The second kappa shape index (κ2) is 15.5. The molecular weight excluding hydrogens is 648 g/mol. The predicted molar refractivity (Wildman–Crippen MR) is 159 cm³/mol. The minimum atomic E-state index is -1.80. The van der Waals surface area contributed by atoms with E-state index < -0.39 is 93.2 Å². The van der Waals surface area contributed by atoms with Crippen LogP contribution in [0.5, 0.6) is 0 Å². The first-order valence-corrected chi connectivity index (χ1v) is 17.6. The molecule has 0 aliphatic carbocycles. The summed E-state index contributed by atoms with van der Waals surface area (Å²) in [5.41, 5.74) is 3.75. The van der Waals surface area contributed by atoms with Crippen LogP contribution in [0, 0.1) is 0 Å². The fourth-order valence-corrected chi connectivity index (χ4v) is 5.26. The summed E-state index contributed by atoms with van der Waals surface area (Å²) >= 11 is 0. The molecule has 4 heterocycles. The number of nitrogens with zero attached hydrogens (tertiary/aromatic N) is 6. The third kappa shape index (κ3) is 9.82. The summed E-state index contributed by atoms with van der Waals surface area (Å²) in [4.78, 5) is 76.6. The van der Waals surface area contributed by atoms with Crippen molar-refractivity contribution in [1.82, 2.24) is 29.1 Å². The molecule has 6 N–H and O–H groups in total. The molecule has 2 fully saturated rings. The fraction of sp³-hybridized carbons (Fsp3) is 0.640. The maximum absolute atomic E-state index is 12.6. The Kier molecular flexibility index (Phi) is 12.2. The van der Waals surface area contributed by atoms with Crippen molar-refractivity contribution in [2.45, 2.75) is 89.5 Å². The Morgan fingerprint density at radius 2 is 1.43 bits per heavy atom. The van der Waals surface area contributed by atoms with Gasteiger partial charge >= 0.3 is 29.3 Å². The topological polar surface area (TPSA) is 292 Å². The summed E-state index contributed by atoms with van der Waals surface area (Å²) in [5.74, 6) is -1.93. The number of anilines is 2. The number of rotatable bonds is 9. The Hall–Kier alpha value is -4.35. The largest absolute Gasteiger partial charge is 0.463 e. The molecule has 0 spiro atoms. The molecule has 21 nitrogen and oxygen atoms in total. The second-order valence-corrected chi connectivity index (χ2v) is 16.1. The number of carbonyl (C=O) groups is 3. The molecular formula is C25H38N8O13Si. The summed E-state index contributed by atoms with van der Waals surface area (Å²) < 4.78 is 28.4. The SMILES string of the molecule is CC(=O)OC[C@H]1O[C@@H](n2cnc(N[Si](C)(C)C)nc2=O)[C@@H](OC(C)=O)C1OC(C)=O.Nc1ncn([C@@H]2O[C@H](CO)C(O)[C@@H]2O)c(=O)n1. The van der Waals surface area contributed by atoms with Crippen molar-refractivity contribution >= 4 is 38.0 Å². The van der Waals surface area contributed by atoms with Crippen LogP contribution in [-0.4, -0.2) is 120 Å². The van der Waals surface area contributed by atoms with Crippen LogP contribution in [0.3, 0.4) is 0 Å². The van der Waals surface area contributed by atoms with Gasteiger partial charge in [0.2, 0.25) is 11.9 Å². The number of aromatic nitrogens is 6. The maximum atomic E-state index is 12.6. The van der Waals surface area contributed by atoms with Crippen molar-refractivity contribution < 1.29 is 53.4 Å². The van der Waals surface area contributed by atoms with Gasteiger partial charge in [0.25, 0.3) is 0 Å². The van der Waals surface area contributed by atoms with Gasteiger partial charge < -0.3 is 49.7 Å². The lowest BCUT2D eigenvalue weighted by Crippen LogP contribution is -2.42. The quantitative estimate of drug-likeness (QED) is 0.1000. The number of nitrogen functional groups attached to an aromatic ring is 1. The molecule has 4 rings (SSSR count). The van der Waals surface area contributed by atoms with Crippen molar-refractivity contribution in [2.75, 3.05) is 23.9 Å². The Morgan fingerprint density at radius 3 is 1.94 bits per heavy atom. The van der Waals surface area contributed by atoms with E-state index in [2.05, 4.69) is 24.9 Å². The summed E-state index contributed by atoms with van der Waals surface area (Å²) in [7, 11) is -1.80. The van der Waals surface area contributed by atoms with Crippen molar-refractivity contribution in [1.29, 1.82) is 0 Å². The van der Waals surface area contributed by atoms with E-state index in [-0.39, 0.29) is 18.5 Å². The summed E-state index contributed by atoms with van der Waals surface area (Å²) in [6.45, 7) is 8.85. The highest BCUT2D eigenvalue weighted by Crippen LogP contribution is 2.33. The average molecular weight is 687 g/mol. The lowest BCUT2D eigenvalue weighted by molar-refractivity contribution is -0.166. The highest BCUT2D eigenvalue weighted by molar-refractivity contribution is 6.79. The molecule has 8 atom stereocenters. The zero-order valence-electron chi connectivity index (χ0n) is 26.4. The molecule has 2 saturated heterocycles. The molecule has 0 amide bonds. The molecule has 2 aromatic rings. The third-order valence-electron chi connectivity index (χ3n) is 6.37. The Bertz CT molecular complexity index is 1550. The number of hydrogen-bond acceptors (Lipinski definition) is 19. The van der Waals surface area contributed by atoms with Gasteiger partial charge in [0.05, 0.1) is 6.61 Å². The van der Waals surface area contributed by atoms with Crippen molar-refractivity contribution in [3.63, 3.8) is 0 Å². The number of ether oxygens (including phenoxy) is 5. The minimum absolute atomic E-state index is 0.172. The molecule has 2 aliphatic heterocycles. The van der Waals surface area contributed by atoms with E-state index in [9.17, 15) is 34.2 Å². The molecule has 2 aromatic heterocycles. The molecule has 0 radical (unpaired) electrons. The fourth-order valence-electron chi connectivity index (χ4n) is 4.47. The van der Waals surface area contributed by atoms with Gasteiger partial charge in [-0.2, -0.15) is 9.97 Å². The maximum Gasteiger partial charge on any atom is 0.354 e. The molecule has 260 valence electrons. The Morgan fingerprint density at radius 1 is 0.872 bits per heavy atom. The summed E-state index contributed by atoms with van der Waals surface area (Å²) in [5, 5.41) is 28.1. The first-order valence-electron chi connectivity index (χ1n) is 14.1. The molecule has 0 aromatic carbocycles. The standard InChI is InChI=1S/C17H26N4O8Si.C8H12N4O5/c1-9(22)26-7-12-13(27-10(2)23)14(28-11(3)24)15(29-12)21-8-18-16(19-17(21)25)20-30(4,5)6;9-7-10-2-12(8(16)11-7)6-5(15)4(14)3(1-13)17-6/h8,12-15H,7H2,1-6H3,(H,19,20,25);2-6,13-15H,1H2,(H2,9,11,16)/t12-,13?,14+,15-;3-,4?,5+,6-/m11/s1. The van der Waals surface area contributed by atoms with Crippen LogP contribution in [0.2, 0.25) is 19.6 Å². The average Bonchev–Trinajstić information content (AvgIpc) is 3.42. The summed E-state index contributed by atoms with van der Waals surface area (Å²) in [6, 6.07) is 0. The zero-order chi connectivity index (χ0) is 35.2. The van der Waals surface area contributed by atoms with Gasteiger partial charge in [0.15, 0.2) is 24.7 Å². The number of aliphatic hydroxyl groups is 3. The van der Waals surface area contributed by atoms with Gasteiger partial charge in [-0.15, -0.1) is 0 Å². The van der Waals surface area contributed by atoms with Gasteiger partial charge in [-0.3, -0.25) is 23.5 Å². The van der Waals surface area contributed by atoms with Crippen LogP contribution in [0.15, 0.2) is 22.2 Å². The normalized spacial score (nSPS) is 26.9.